The fourth-order valence-electron chi connectivity index (χ4n) is 0.988. The normalized spacial score (nSPS) is 21.3. The van der Waals surface area contributed by atoms with E-state index in [2.05, 4.69) is 4.90 Å². The summed E-state index contributed by atoms with van der Waals surface area (Å²) in [6.45, 7) is 4.45. The molecule has 0 amide bonds. The van der Waals surface area contributed by atoms with E-state index in [1.54, 1.807) is 0 Å². The first-order valence-electron chi connectivity index (χ1n) is 3.47. The second kappa shape index (κ2) is 5.62. The summed E-state index contributed by atoms with van der Waals surface area (Å²) >= 11 is 4.00. The monoisotopic (exact) mass is 273 g/mol. The highest BCUT2D eigenvalue weighted by Crippen LogP contribution is 2.08. The standard InChI is InChI=1S/C6H12INOS/c7-9-4-1-8-2-5-10-6-3-8/h1-6H2. The fourth-order valence-corrected chi connectivity index (χ4v) is 2.16. The van der Waals surface area contributed by atoms with E-state index in [0.717, 1.165) is 13.2 Å². The Kier molecular flexibility index (Phi) is 5.11. The number of thioether (sulfide) groups is 1. The minimum Gasteiger partial charge on any atom is -0.314 e. The molecule has 0 aliphatic carbocycles. The molecular weight excluding hydrogens is 261 g/mol. The Hall–Kier alpha value is 1.000. The van der Waals surface area contributed by atoms with Gasteiger partial charge in [0.2, 0.25) is 0 Å². The van der Waals surface area contributed by atoms with E-state index in [9.17, 15) is 0 Å². The summed E-state index contributed by atoms with van der Waals surface area (Å²) in [5.41, 5.74) is 0. The molecule has 0 atom stereocenters. The van der Waals surface area contributed by atoms with Crippen molar-refractivity contribution in [1.29, 1.82) is 0 Å². The van der Waals surface area contributed by atoms with Gasteiger partial charge in [0.25, 0.3) is 0 Å². The van der Waals surface area contributed by atoms with Crippen LogP contribution in [-0.4, -0.2) is 42.6 Å². The molecule has 0 aromatic rings. The number of hydrogen-bond acceptors (Lipinski definition) is 3. The molecule has 2 nitrogen and oxygen atoms in total. The summed E-state index contributed by atoms with van der Waals surface area (Å²) < 4.78 is 4.97. The minimum absolute atomic E-state index is 0.866. The van der Waals surface area contributed by atoms with Gasteiger partial charge in [-0.05, 0) is 0 Å². The van der Waals surface area contributed by atoms with Crippen LogP contribution in [0.2, 0.25) is 0 Å². The Morgan fingerprint density at radius 2 is 2.10 bits per heavy atom. The lowest BCUT2D eigenvalue weighted by Crippen LogP contribution is -2.34. The Labute approximate surface area is 80.4 Å². The molecule has 0 N–H and O–H groups in total. The van der Waals surface area contributed by atoms with Crippen LogP contribution < -0.4 is 0 Å². The van der Waals surface area contributed by atoms with E-state index < -0.39 is 0 Å². The largest absolute Gasteiger partial charge is 0.314 e. The average molecular weight is 273 g/mol. The Morgan fingerprint density at radius 1 is 1.40 bits per heavy atom. The van der Waals surface area contributed by atoms with Crippen LogP contribution in [0, 0.1) is 0 Å². The maximum atomic E-state index is 4.97. The molecule has 0 radical (unpaired) electrons. The quantitative estimate of drug-likeness (QED) is 0.721. The van der Waals surface area contributed by atoms with Crippen molar-refractivity contribution >= 4 is 34.8 Å². The van der Waals surface area contributed by atoms with Crippen molar-refractivity contribution in [1.82, 2.24) is 4.90 Å². The highest BCUT2D eigenvalue weighted by Gasteiger charge is 2.08. The van der Waals surface area contributed by atoms with Gasteiger partial charge >= 0.3 is 0 Å². The van der Waals surface area contributed by atoms with Crippen molar-refractivity contribution in [2.75, 3.05) is 37.7 Å². The third-order valence-corrected chi connectivity index (χ3v) is 2.97. The Bertz CT molecular complexity index is 87.8. The van der Waals surface area contributed by atoms with E-state index in [0.29, 0.717) is 0 Å². The highest BCUT2D eigenvalue weighted by atomic mass is 127. The lowest BCUT2D eigenvalue weighted by Gasteiger charge is -2.25. The maximum absolute atomic E-state index is 4.97. The van der Waals surface area contributed by atoms with Crippen LogP contribution in [0.25, 0.3) is 0 Å². The summed E-state index contributed by atoms with van der Waals surface area (Å²) in [5, 5.41) is 0. The molecule has 0 saturated carbocycles. The predicted octanol–water partition coefficient (Wildman–Crippen LogP) is 1.40. The molecule has 0 unspecified atom stereocenters. The van der Waals surface area contributed by atoms with E-state index in [1.165, 1.54) is 24.6 Å². The van der Waals surface area contributed by atoms with Gasteiger partial charge in [0.05, 0.1) is 6.61 Å². The number of hydrogen-bond donors (Lipinski definition) is 0. The van der Waals surface area contributed by atoms with Gasteiger partial charge in [-0.25, -0.2) is 0 Å². The molecule has 60 valence electrons. The topological polar surface area (TPSA) is 12.5 Å². The molecule has 0 aromatic carbocycles. The van der Waals surface area contributed by atoms with Gasteiger partial charge in [0.15, 0.2) is 0 Å². The van der Waals surface area contributed by atoms with Gasteiger partial charge in [0.1, 0.15) is 23.0 Å². The zero-order valence-corrected chi connectivity index (χ0v) is 8.86. The lowest BCUT2D eigenvalue weighted by molar-refractivity contribution is 0.256. The highest BCUT2D eigenvalue weighted by molar-refractivity contribution is 14.1. The van der Waals surface area contributed by atoms with Crippen molar-refractivity contribution < 1.29 is 3.07 Å². The van der Waals surface area contributed by atoms with Gasteiger partial charge in [-0.3, -0.25) is 4.90 Å². The molecule has 0 bridgehead atoms. The summed E-state index contributed by atoms with van der Waals surface area (Å²) in [5.74, 6) is 2.59. The minimum atomic E-state index is 0.866. The smallest absolute Gasteiger partial charge is 0.109 e. The molecule has 1 rings (SSSR count). The van der Waals surface area contributed by atoms with Gasteiger partial charge in [0, 0.05) is 31.1 Å². The lowest BCUT2D eigenvalue weighted by atomic mass is 10.5. The van der Waals surface area contributed by atoms with Gasteiger partial charge in [-0.1, -0.05) is 0 Å². The number of rotatable bonds is 3. The van der Waals surface area contributed by atoms with Crippen molar-refractivity contribution in [3.8, 4) is 0 Å². The van der Waals surface area contributed by atoms with Crippen LogP contribution in [0.4, 0.5) is 0 Å². The average Bonchev–Trinajstić information content (AvgIpc) is 2.03. The molecule has 1 aliphatic heterocycles. The first-order chi connectivity index (χ1) is 4.93. The van der Waals surface area contributed by atoms with E-state index in [-0.39, 0.29) is 0 Å². The predicted molar refractivity (Wildman–Crippen MR) is 53.7 cm³/mol. The first-order valence-corrected chi connectivity index (χ1v) is 5.50. The van der Waals surface area contributed by atoms with Crippen molar-refractivity contribution in [2.24, 2.45) is 0 Å². The fraction of sp³-hybridized carbons (Fsp3) is 1.00. The van der Waals surface area contributed by atoms with Crippen molar-refractivity contribution in [2.45, 2.75) is 0 Å². The molecule has 1 fully saturated rings. The van der Waals surface area contributed by atoms with Crippen LogP contribution in [0.3, 0.4) is 0 Å². The molecule has 0 aromatic heterocycles. The number of halogens is 1. The second-order valence-electron chi connectivity index (χ2n) is 2.27. The Balaban J connectivity index is 2.02. The van der Waals surface area contributed by atoms with Crippen LogP contribution in [0.1, 0.15) is 0 Å². The molecular formula is C6H12INOS. The third-order valence-electron chi connectivity index (χ3n) is 1.59. The summed E-state index contributed by atoms with van der Waals surface area (Å²) in [4.78, 5) is 2.45. The molecule has 0 spiro atoms. The van der Waals surface area contributed by atoms with E-state index >= 15 is 0 Å². The van der Waals surface area contributed by atoms with Crippen LogP contribution >= 0.6 is 34.8 Å². The van der Waals surface area contributed by atoms with Crippen LogP contribution in [0.5, 0.6) is 0 Å². The zero-order chi connectivity index (χ0) is 7.23. The van der Waals surface area contributed by atoms with Gasteiger partial charge in [-0.15, -0.1) is 0 Å². The summed E-state index contributed by atoms with van der Waals surface area (Å²) in [7, 11) is 0. The molecule has 1 heterocycles. The molecule has 1 saturated heterocycles. The van der Waals surface area contributed by atoms with Gasteiger partial charge in [-0.2, -0.15) is 11.8 Å². The maximum Gasteiger partial charge on any atom is 0.109 e. The van der Waals surface area contributed by atoms with Gasteiger partial charge < -0.3 is 3.07 Å². The molecule has 10 heavy (non-hydrogen) atoms. The first kappa shape index (κ1) is 9.09. The second-order valence-corrected chi connectivity index (χ2v) is 4.11. The van der Waals surface area contributed by atoms with Crippen molar-refractivity contribution in [3.63, 3.8) is 0 Å². The van der Waals surface area contributed by atoms with E-state index in [1.807, 2.05) is 34.8 Å². The molecule has 1 aliphatic rings. The van der Waals surface area contributed by atoms with Crippen LogP contribution in [0.15, 0.2) is 0 Å². The number of nitrogens with zero attached hydrogens (tertiary/aromatic N) is 1. The molecule has 4 heteroatoms. The van der Waals surface area contributed by atoms with E-state index in [4.69, 9.17) is 3.07 Å². The zero-order valence-electron chi connectivity index (χ0n) is 5.88. The SMILES string of the molecule is IOCCN1CCSCC1. The third kappa shape index (κ3) is 3.41. The van der Waals surface area contributed by atoms with Crippen molar-refractivity contribution in [3.05, 3.63) is 0 Å². The van der Waals surface area contributed by atoms with Crippen LogP contribution in [-0.2, 0) is 3.07 Å². The Morgan fingerprint density at radius 3 is 2.70 bits per heavy atom. The summed E-state index contributed by atoms with van der Waals surface area (Å²) in [6.07, 6.45) is 0. The summed E-state index contributed by atoms with van der Waals surface area (Å²) in [6, 6.07) is 0.